The molecule has 28 heavy (non-hydrogen) atoms. The first kappa shape index (κ1) is 22.4. The maximum Gasteiger partial charge on any atom is 0.243 e. The van der Waals surface area contributed by atoms with E-state index < -0.39 is 0 Å². The number of carbonyl (C=O) groups is 2. The van der Waals surface area contributed by atoms with E-state index in [4.69, 9.17) is 4.74 Å². The van der Waals surface area contributed by atoms with E-state index >= 15 is 0 Å². The topological polar surface area (TPSA) is 89.5 Å². The van der Waals surface area contributed by atoms with E-state index in [1.807, 2.05) is 0 Å². The first-order valence-electron chi connectivity index (χ1n) is 10.2. The quantitative estimate of drug-likeness (QED) is 0.433. The Morgan fingerprint density at radius 2 is 1.82 bits per heavy atom. The summed E-state index contributed by atoms with van der Waals surface area (Å²) in [7, 11) is 5.17. The minimum atomic E-state index is -0.0121. The normalized spacial score (nSPS) is 19.4. The second-order valence-corrected chi connectivity index (χ2v) is 7.62. The van der Waals surface area contributed by atoms with Gasteiger partial charge < -0.3 is 25.2 Å². The Balaban J connectivity index is 1.87. The second kappa shape index (κ2) is 11.9. The van der Waals surface area contributed by atoms with Crippen LogP contribution in [-0.2, 0) is 14.3 Å². The average Bonchev–Trinajstić information content (AvgIpc) is 2.71. The van der Waals surface area contributed by atoms with Crippen LogP contribution in [-0.4, -0.2) is 113 Å². The van der Waals surface area contributed by atoms with Crippen molar-refractivity contribution in [3.63, 3.8) is 0 Å². The molecular formula is C19H36N6O3. The Bertz CT molecular complexity index is 526. The van der Waals surface area contributed by atoms with Crippen molar-refractivity contribution in [3.8, 4) is 0 Å². The molecule has 0 radical (unpaired) electrons. The van der Waals surface area contributed by atoms with Crippen molar-refractivity contribution in [1.82, 2.24) is 25.3 Å². The summed E-state index contributed by atoms with van der Waals surface area (Å²) in [5.74, 6) is 1.30. The summed E-state index contributed by atoms with van der Waals surface area (Å²) >= 11 is 0. The van der Waals surface area contributed by atoms with Gasteiger partial charge in [0.15, 0.2) is 5.96 Å². The number of nitrogens with zero attached hydrogens (tertiary/aromatic N) is 4. The third-order valence-electron chi connectivity index (χ3n) is 5.34. The van der Waals surface area contributed by atoms with Crippen molar-refractivity contribution in [2.75, 3.05) is 80.2 Å². The Kier molecular flexibility index (Phi) is 9.49. The van der Waals surface area contributed by atoms with Gasteiger partial charge in [-0.2, -0.15) is 0 Å². The molecule has 2 heterocycles. The number of carbonyl (C=O) groups excluding carboxylic acids is 2. The summed E-state index contributed by atoms with van der Waals surface area (Å²) in [5, 5.41) is 6.15. The first-order valence-corrected chi connectivity index (χ1v) is 10.2. The molecule has 2 amide bonds. The minimum absolute atomic E-state index is 0.0121. The van der Waals surface area contributed by atoms with Gasteiger partial charge >= 0.3 is 0 Å². The van der Waals surface area contributed by atoms with Crippen molar-refractivity contribution in [1.29, 1.82) is 0 Å². The zero-order valence-electron chi connectivity index (χ0n) is 17.6. The average molecular weight is 397 g/mol. The highest BCUT2D eigenvalue weighted by molar-refractivity contribution is 5.85. The van der Waals surface area contributed by atoms with Gasteiger partial charge in [-0.15, -0.1) is 0 Å². The Hall–Kier alpha value is -1.87. The fraction of sp³-hybridized carbons (Fsp3) is 0.842. The standard InChI is InChI=1S/C19H36N6O3/c1-20-17(26)14-16-4-7-25(8-5-16)19(22-15-18(27)23(2)3)21-6-9-24-10-12-28-13-11-24/h16H,4-15H2,1-3H3,(H,20,26)(H,21,22). The van der Waals surface area contributed by atoms with Crippen LogP contribution in [0.1, 0.15) is 19.3 Å². The Morgan fingerprint density at radius 3 is 2.43 bits per heavy atom. The summed E-state index contributed by atoms with van der Waals surface area (Å²) in [6.07, 6.45) is 2.50. The highest BCUT2D eigenvalue weighted by Crippen LogP contribution is 2.20. The van der Waals surface area contributed by atoms with E-state index in [1.165, 1.54) is 0 Å². The van der Waals surface area contributed by atoms with Crippen LogP contribution in [0.3, 0.4) is 0 Å². The molecule has 2 saturated heterocycles. The number of hydrogen-bond acceptors (Lipinski definition) is 5. The van der Waals surface area contributed by atoms with E-state index in [-0.39, 0.29) is 18.4 Å². The molecule has 0 spiro atoms. The lowest BCUT2D eigenvalue weighted by atomic mass is 9.93. The van der Waals surface area contributed by atoms with Crippen LogP contribution < -0.4 is 10.6 Å². The summed E-state index contributed by atoms with van der Waals surface area (Å²) in [6.45, 7) is 7.04. The van der Waals surface area contributed by atoms with E-state index in [1.54, 1.807) is 26.0 Å². The summed E-state index contributed by atoms with van der Waals surface area (Å²) in [5.41, 5.74) is 0. The predicted molar refractivity (Wildman–Crippen MR) is 109 cm³/mol. The molecule has 9 heteroatoms. The van der Waals surface area contributed by atoms with Crippen LogP contribution in [0.5, 0.6) is 0 Å². The monoisotopic (exact) mass is 396 g/mol. The number of rotatable bonds is 7. The lowest BCUT2D eigenvalue weighted by molar-refractivity contribution is -0.127. The van der Waals surface area contributed by atoms with E-state index in [9.17, 15) is 9.59 Å². The lowest BCUT2D eigenvalue weighted by Crippen LogP contribution is -2.49. The SMILES string of the molecule is CNC(=O)CC1CCN(C(=NCC(=O)N(C)C)NCCN2CCOCC2)CC1. The van der Waals surface area contributed by atoms with Gasteiger partial charge in [0, 0.05) is 66.8 Å². The van der Waals surface area contributed by atoms with Crippen molar-refractivity contribution >= 4 is 17.8 Å². The molecule has 0 unspecified atom stereocenters. The number of piperidine rings is 1. The van der Waals surface area contributed by atoms with Crippen LogP contribution >= 0.6 is 0 Å². The highest BCUT2D eigenvalue weighted by atomic mass is 16.5. The van der Waals surface area contributed by atoms with Gasteiger partial charge in [-0.1, -0.05) is 0 Å². The number of hydrogen-bond donors (Lipinski definition) is 2. The fourth-order valence-corrected chi connectivity index (χ4v) is 3.42. The van der Waals surface area contributed by atoms with Crippen LogP contribution in [0.4, 0.5) is 0 Å². The van der Waals surface area contributed by atoms with Gasteiger partial charge in [-0.3, -0.25) is 14.5 Å². The van der Waals surface area contributed by atoms with Crippen molar-refractivity contribution in [2.45, 2.75) is 19.3 Å². The van der Waals surface area contributed by atoms with Crippen LogP contribution in [0.25, 0.3) is 0 Å². The van der Waals surface area contributed by atoms with Crippen LogP contribution in [0, 0.1) is 5.92 Å². The third-order valence-corrected chi connectivity index (χ3v) is 5.34. The molecule has 0 aromatic carbocycles. The number of nitrogens with one attached hydrogen (secondary N) is 2. The van der Waals surface area contributed by atoms with Gasteiger partial charge in [0.25, 0.3) is 0 Å². The summed E-state index contributed by atoms with van der Waals surface area (Å²) in [4.78, 5) is 34.3. The Morgan fingerprint density at radius 1 is 1.14 bits per heavy atom. The zero-order valence-corrected chi connectivity index (χ0v) is 17.6. The largest absolute Gasteiger partial charge is 0.379 e. The number of morpholine rings is 1. The molecule has 2 fully saturated rings. The van der Waals surface area contributed by atoms with Gasteiger partial charge in [0.05, 0.1) is 13.2 Å². The number of ether oxygens (including phenoxy) is 1. The lowest BCUT2D eigenvalue weighted by Gasteiger charge is -2.34. The van der Waals surface area contributed by atoms with Crippen molar-refractivity contribution in [2.24, 2.45) is 10.9 Å². The zero-order chi connectivity index (χ0) is 20.4. The molecule has 0 aromatic heterocycles. The summed E-state index contributed by atoms with van der Waals surface area (Å²) in [6, 6.07) is 0. The van der Waals surface area contributed by atoms with Crippen molar-refractivity contribution < 1.29 is 14.3 Å². The molecule has 2 N–H and O–H groups in total. The smallest absolute Gasteiger partial charge is 0.243 e. The number of likely N-dealkylation sites (N-methyl/N-ethyl adjacent to an activating group) is 1. The van der Waals surface area contributed by atoms with Gasteiger partial charge in [-0.05, 0) is 18.8 Å². The molecule has 160 valence electrons. The highest BCUT2D eigenvalue weighted by Gasteiger charge is 2.23. The predicted octanol–water partition coefficient (Wildman–Crippen LogP) is -0.799. The molecule has 2 aliphatic heterocycles. The molecule has 0 aromatic rings. The maximum absolute atomic E-state index is 12.0. The van der Waals surface area contributed by atoms with Gasteiger partial charge in [0.2, 0.25) is 11.8 Å². The molecule has 9 nitrogen and oxygen atoms in total. The molecule has 0 aliphatic carbocycles. The van der Waals surface area contributed by atoms with E-state index in [2.05, 4.69) is 25.4 Å². The molecule has 0 bridgehead atoms. The molecule has 2 aliphatic rings. The maximum atomic E-state index is 12.0. The number of guanidine groups is 1. The molecule has 0 saturated carbocycles. The second-order valence-electron chi connectivity index (χ2n) is 7.62. The van der Waals surface area contributed by atoms with E-state index in [0.717, 1.165) is 71.3 Å². The van der Waals surface area contributed by atoms with E-state index in [0.29, 0.717) is 12.3 Å². The van der Waals surface area contributed by atoms with Crippen LogP contribution in [0.15, 0.2) is 4.99 Å². The number of amides is 2. The third kappa shape index (κ3) is 7.63. The van der Waals surface area contributed by atoms with Crippen LogP contribution in [0.2, 0.25) is 0 Å². The molecular weight excluding hydrogens is 360 g/mol. The number of aliphatic imine (C=N–C) groups is 1. The van der Waals surface area contributed by atoms with Gasteiger partial charge in [-0.25, -0.2) is 4.99 Å². The molecule has 0 atom stereocenters. The molecule has 2 rings (SSSR count). The minimum Gasteiger partial charge on any atom is -0.379 e. The number of likely N-dealkylation sites (tertiary alicyclic amines) is 1. The fourth-order valence-electron chi connectivity index (χ4n) is 3.42. The first-order chi connectivity index (χ1) is 13.5. The van der Waals surface area contributed by atoms with Gasteiger partial charge in [0.1, 0.15) is 6.54 Å². The summed E-state index contributed by atoms with van der Waals surface area (Å²) < 4.78 is 5.39. The Labute approximate surface area is 168 Å². The van der Waals surface area contributed by atoms with Crippen molar-refractivity contribution in [3.05, 3.63) is 0 Å².